The highest BCUT2D eigenvalue weighted by Crippen LogP contribution is 2.33. The molecule has 0 aliphatic heterocycles. The molecule has 20 heavy (non-hydrogen) atoms. The Morgan fingerprint density at radius 2 is 1.85 bits per heavy atom. The van der Waals surface area contributed by atoms with Crippen LogP contribution in [0.2, 0.25) is 0 Å². The minimum absolute atomic E-state index is 0.113. The van der Waals surface area contributed by atoms with E-state index in [0.717, 1.165) is 32.1 Å². The van der Waals surface area contributed by atoms with Gasteiger partial charge >= 0.3 is 0 Å². The van der Waals surface area contributed by atoms with Crippen LogP contribution in [0, 0.1) is 17.8 Å². The standard InChI is InChI=1S/C17H34N2O/c1-5-7-9-14(8-6-2)19-17(20)15-11-16(18)13(4)10-12(15)3/h12-16H,5-11,18H2,1-4H3,(H,19,20). The fourth-order valence-electron chi connectivity index (χ4n) is 3.44. The number of unbranched alkanes of at least 4 members (excludes halogenated alkanes) is 1. The smallest absolute Gasteiger partial charge is 0.223 e. The summed E-state index contributed by atoms with van der Waals surface area (Å²) in [7, 11) is 0. The molecule has 0 saturated heterocycles. The van der Waals surface area contributed by atoms with E-state index in [2.05, 4.69) is 33.0 Å². The molecule has 5 atom stereocenters. The molecule has 1 saturated carbocycles. The van der Waals surface area contributed by atoms with Gasteiger partial charge in [-0.2, -0.15) is 0 Å². The van der Waals surface area contributed by atoms with Crippen LogP contribution in [0.3, 0.4) is 0 Å². The Labute approximate surface area is 125 Å². The Bertz CT molecular complexity index is 293. The molecule has 0 aromatic carbocycles. The molecule has 0 aromatic heterocycles. The third kappa shape index (κ3) is 5.08. The zero-order chi connectivity index (χ0) is 15.1. The zero-order valence-electron chi connectivity index (χ0n) is 13.8. The van der Waals surface area contributed by atoms with Gasteiger partial charge in [-0.3, -0.25) is 4.79 Å². The molecule has 5 unspecified atom stereocenters. The molecule has 1 amide bonds. The molecular formula is C17H34N2O. The molecule has 0 bridgehead atoms. The number of hydrogen-bond acceptors (Lipinski definition) is 2. The van der Waals surface area contributed by atoms with Gasteiger partial charge in [0.25, 0.3) is 0 Å². The fourth-order valence-corrected chi connectivity index (χ4v) is 3.44. The maximum absolute atomic E-state index is 12.5. The van der Waals surface area contributed by atoms with E-state index in [9.17, 15) is 4.79 Å². The molecule has 0 radical (unpaired) electrons. The molecule has 1 fully saturated rings. The van der Waals surface area contributed by atoms with Crippen molar-refractivity contribution in [1.29, 1.82) is 0 Å². The lowest BCUT2D eigenvalue weighted by Gasteiger charge is -2.36. The number of rotatable bonds is 7. The molecular weight excluding hydrogens is 248 g/mol. The van der Waals surface area contributed by atoms with Crippen molar-refractivity contribution in [3.63, 3.8) is 0 Å². The van der Waals surface area contributed by atoms with Gasteiger partial charge in [-0.05, 0) is 37.5 Å². The number of nitrogens with one attached hydrogen (secondary N) is 1. The average Bonchev–Trinajstić information content (AvgIpc) is 2.40. The first-order valence-corrected chi connectivity index (χ1v) is 8.55. The third-order valence-corrected chi connectivity index (χ3v) is 4.91. The average molecular weight is 282 g/mol. The van der Waals surface area contributed by atoms with Crippen LogP contribution in [0.1, 0.15) is 72.6 Å². The third-order valence-electron chi connectivity index (χ3n) is 4.91. The lowest BCUT2D eigenvalue weighted by molar-refractivity contribution is -0.129. The van der Waals surface area contributed by atoms with Crippen molar-refractivity contribution in [3.05, 3.63) is 0 Å². The van der Waals surface area contributed by atoms with Gasteiger partial charge in [0.05, 0.1) is 0 Å². The number of carbonyl (C=O) groups is 1. The Hall–Kier alpha value is -0.570. The van der Waals surface area contributed by atoms with E-state index in [-0.39, 0.29) is 17.9 Å². The van der Waals surface area contributed by atoms with Gasteiger partial charge in [-0.25, -0.2) is 0 Å². The number of nitrogens with two attached hydrogens (primary N) is 1. The molecule has 3 heteroatoms. The van der Waals surface area contributed by atoms with Crippen LogP contribution in [-0.4, -0.2) is 18.0 Å². The summed E-state index contributed by atoms with van der Waals surface area (Å²) in [4.78, 5) is 12.5. The first kappa shape index (κ1) is 17.5. The summed E-state index contributed by atoms with van der Waals surface area (Å²) in [5.74, 6) is 1.36. The van der Waals surface area contributed by atoms with Gasteiger partial charge in [0, 0.05) is 18.0 Å². The lowest BCUT2D eigenvalue weighted by atomic mass is 9.72. The van der Waals surface area contributed by atoms with Crippen molar-refractivity contribution < 1.29 is 4.79 Å². The van der Waals surface area contributed by atoms with E-state index >= 15 is 0 Å². The second-order valence-electron chi connectivity index (χ2n) is 6.83. The molecule has 1 rings (SSSR count). The van der Waals surface area contributed by atoms with Gasteiger partial charge in [0.15, 0.2) is 0 Å². The van der Waals surface area contributed by atoms with Crippen LogP contribution >= 0.6 is 0 Å². The van der Waals surface area contributed by atoms with Crippen LogP contribution in [-0.2, 0) is 4.79 Å². The van der Waals surface area contributed by atoms with Crippen molar-refractivity contribution in [2.45, 2.75) is 84.7 Å². The molecule has 3 N–H and O–H groups in total. The van der Waals surface area contributed by atoms with E-state index < -0.39 is 0 Å². The minimum Gasteiger partial charge on any atom is -0.353 e. The first-order valence-electron chi connectivity index (χ1n) is 8.55. The predicted molar refractivity (Wildman–Crippen MR) is 85.4 cm³/mol. The summed E-state index contributed by atoms with van der Waals surface area (Å²) >= 11 is 0. The van der Waals surface area contributed by atoms with Crippen LogP contribution in [0.15, 0.2) is 0 Å². The van der Waals surface area contributed by atoms with Gasteiger partial charge < -0.3 is 11.1 Å². The molecule has 0 heterocycles. The van der Waals surface area contributed by atoms with Gasteiger partial charge in [0.2, 0.25) is 5.91 Å². The zero-order valence-corrected chi connectivity index (χ0v) is 13.8. The van der Waals surface area contributed by atoms with Crippen molar-refractivity contribution in [3.8, 4) is 0 Å². The van der Waals surface area contributed by atoms with E-state index in [0.29, 0.717) is 17.9 Å². The Balaban J connectivity index is 2.54. The summed E-state index contributed by atoms with van der Waals surface area (Å²) in [5.41, 5.74) is 6.16. The normalized spacial score (nSPS) is 31.9. The molecule has 1 aliphatic carbocycles. The van der Waals surface area contributed by atoms with E-state index in [1.807, 2.05) is 0 Å². The molecule has 0 spiro atoms. The minimum atomic E-state index is 0.113. The summed E-state index contributed by atoms with van der Waals surface area (Å²) in [6.45, 7) is 8.80. The van der Waals surface area contributed by atoms with Crippen LogP contribution in [0.5, 0.6) is 0 Å². The summed E-state index contributed by atoms with van der Waals surface area (Å²) < 4.78 is 0. The topological polar surface area (TPSA) is 55.1 Å². The quantitative estimate of drug-likeness (QED) is 0.751. The van der Waals surface area contributed by atoms with Crippen LogP contribution in [0.25, 0.3) is 0 Å². The monoisotopic (exact) mass is 282 g/mol. The number of carbonyl (C=O) groups excluding carboxylic acids is 1. The van der Waals surface area contributed by atoms with Crippen molar-refractivity contribution in [2.75, 3.05) is 0 Å². The lowest BCUT2D eigenvalue weighted by Crippen LogP contribution is -2.47. The van der Waals surface area contributed by atoms with E-state index in [1.54, 1.807) is 0 Å². The largest absolute Gasteiger partial charge is 0.353 e. The van der Waals surface area contributed by atoms with Crippen LogP contribution in [0.4, 0.5) is 0 Å². The van der Waals surface area contributed by atoms with Crippen molar-refractivity contribution >= 4 is 5.91 Å². The Morgan fingerprint density at radius 3 is 2.45 bits per heavy atom. The van der Waals surface area contributed by atoms with Crippen LogP contribution < -0.4 is 11.1 Å². The summed E-state index contributed by atoms with van der Waals surface area (Å²) in [6, 6.07) is 0.539. The Morgan fingerprint density at radius 1 is 1.15 bits per heavy atom. The van der Waals surface area contributed by atoms with E-state index in [4.69, 9.17) is 5.73 Å². The van der Waals surface area contributed by atoms with Crippen molar-refractivity contribution in [2.24, 2.45) is 23.5 Å². The van der Waals surface area contributed by atoms with Crippen molar-refractivity contribution in [1.82, 2.24) is 5.32 Å². The summed E-state index contributed by atoms with van der Waals surface area (Å²) in [5, 5.41) is 3.29. The summed E-state index contributed by atoms with van der Waals surface area (Å²) in [6.07, 6.45) is 7.65. The maximum Gasteiger partial charge on any atom is 0.223 e. The van der Waals surface area contributed by atoms with Gasteiger partial charge in [-0.15, -0.1) is 0 Å². The number of hydrogen-bond donors (Lipinski definition) is 2. The molecule has 1 aliphatic rings. The SMILES string of the molecule is CCCCC(CCC)NC(=O)C1CC(N)C(C)CC1C. The van der Waals surface area contributed by atoms with Gasteiger partial charge in [0.1, 0.15) is 0 Å². The highest BCUT2D eigenvalue weighted by Gasteiger charge is 2.35. The second-order valence-corrected chi connectivity index (χ2v) is 6.83. The predicted octanol–water partition coefficient (Wildman–Crippen LogP) is 3.47. The maximum atomic E-state index is 12.5. The van der Waals surface area contributed by atoms with E-state index in [1.165, 1.54) is 12.8 Å². The number of amides is 1. The molecule has 3 nitrogen and oxygen atoms in total. The Kier molecular flexibility index (Phi) is 7.57. The highest BCUT2D eigenvalue weighted by atomic mass is 16.2. The molecule has 0 aromatic rings. The fraction of sp³-hybridized carbons (Fsp3) is 0.941. The highest BCUT2D eigenvalue weighted by molar-refractivity contribution is 5.79. The molecule has 118 valence electrons. The first-order chi connectivity index (χ1) is 9.49. The second kappa shape index (κ2) is 8.66. The van der Waals surface area contributed by atoms with Gasteiger partial charge in [-0.1, -0.05) is 47.0 Å².